The van der Waals surface area contributed by atoms with Gasteiger partial charge in [0, 0.05) is 12.6 Å². The normalized spacial score (nSPS) is 20.8. The van der Waals surface area contributed by atoms with Crippen LogP contribution in [0.15, 0.2) is 28.8 Å². The summed E-state index contributed by atoms with van der Waals surface area (Å²) in [7, 11) is 0. The van der Waals surface area contributed by atoms with Gasteiger partial charge in [-0.25, -0.2) is 0 Å². The lowest BCUT2D eigenvalue weighted by Gasteiger charge is -2.15. The first kappa shape index (κ1) is 16.9. The highest BCUT2D eigenvalue weighted by Gasteiger charge is 2.72. The molecule has 0 saturated heterocycles. The van der Waals surface area contributed by atoms with E-state index in [4.69, 9.17) is 9.26 Å². The SMILES string of the molecule is Cc1nc(COc2ccc(NC(=O)C3(C(=O)O)CC3(C)C)cc2)no1. The molecule has 0 radical (unpaired) electrons. The number of amides is 1. The Labute approximate surface area is 144 Å². The second-order valence-corrected chi connectivity index (χ2v) is 6.77. The molecule has 132 valence electrons. The van der Waals surface area contributed by atoms with Crippen molar-refractivity contribution in [3.8, 4) is 5.75 Å². The van der Waals surface area contributed by atoms with Gasteiger partial charge in [0.1, 0.15) is 5.75 Å². The van der Waals surface area contributed by atoms with Gasteiger partial charge in [-0.1, -0.05) is 19.0 Å². The lowest BCUT2D eigenvalue weighted by Crippen LogP contribution is -2.35. The molecule has 0 aliphatic heterocycles. The van der Waals surface area contributed by atoms with Crippen LogP contribution in [0.1, 0.15) is 32.0 Å². The van der Waals surface area contributed by atoms with Crippen LogP contribution in [0.2, 0.25) is 0 Å². The minimum atomic E-state index is -1.36. The second-order valence-electron chi connectivity index (χ2n) is 6.77. The van der Waals surface area contributed by atoms with E-state index in [1.54, 1.807) is 45.0 Å². The number of carboxylic acids is 1. The summed E-state index contributed by atoms with van der Waals surface area (Å²) in [6, 6.07) is 6.65. The minimum absolute atomic E-state index is 0.166. The van der Waals surface area contributed by atoms with E-state index in [1.807, 2.05) is 0 Å². The van der Waals surface area contributed by atoms with E-state index in [0.717, 1.165) is 0 Å². The van der Waals surface area contributed by atoms with Crippen molar-refractivity contribution in [1.82, 2.24) is 10.1 Å². The van der Waals surface area contributed by atoms with E-state index >= 15 is 0 Å². The number of hydrogen-bond acceptors (Lipinski definition) is 6. The van der Waals surface area contributed by atoms with Crippen LogP contribution in [0, 0.1) is 17.8 Å². The maximum atomic E-state index is 12.4. The van der Waals surface area contributed by atoms with Gasteiger partial charge in [-0.05, 0) is 36.1 Å². The summed E-state index contributed by atoms with van der Waals surface area (Å²) in [5, 5.41) is 15.8. The molecule has 0 bridgehead atoms. The fourth-order valence-electron chi connectivity index (χ4n) is 2.89. The number of ether oxygens (including phenoxy) is 1. The van der Waals surface area contributed by atoms with Crippen LogP contribution >= 0.6 is 0 Å². The van der Waals surface area contributed by atoms with Gasteiger partial charge in [0.05, 0.1) is 0 Å². The third-order valence-corrected chi connectivity index (χ3v) is 4.54. The van der Waals surface area contributed by atoms with Gasteiger partial charge in [0.15, 0.2) is 12.0 Å². The number of carboxylic acid groups (broad SMARTS) is 1. The third-order valence-electron chi connectivity index (χ3n) is 4.54. The monoisotopic (exact) mass is 345 g/mol. The number of carbonyl (C=O) groups is 2. The summed E-state index contributed by atoms with van der Waals surface area (Å²) >= 11 is 0. The van der Waals surface area contributed by atoms with Crippen LogP contribution in [0.25, 0.3) is 0 Å². The van der Waals surface area contributed by atoms with Crippen molar-refractivity contribution in [1.29, 1.82) is 0 Å². The summed E-state index contributed by atoms with van der Waals surface area (Å²) in [6.07, 6.45) is 0.326. The molecule has 1 unspecified atom stereocenters. The van der Waals surface area contributed by atoms with Crippen molar-refractivity contribution < 1.29 is 24.0 Å². The number of hydrogen-bond donors (Lipinski definition) is 2. The predicted molar refractivity (Wildman–Crippen MR) is 86.9 cm³/mol. The molecule has 3 rings (SSSR count). The summed E-state index contributed by atoms with van der Waals surface area (Å²) in [5.41, 5.74) is -1.40. The van der Waals surface area contributed by atoms with Gasteiger partial charge in [-0.15, -0.1) is 0 Å². The van der Waals surface area contributed by atoms with Gasteiger partial charge in [0.25, 0.3) is 0 Å². The van der Waals surface area contributed by atoms with Crippen LogP contribution in [0.5, 0.6) is 5.75 Å². The number of nitrogens with zero attached hydrogens (tertiary/aromatic N) is 2. The molecule has 1 heterocycles. The predicted octanol–water partition coefficient (Wildman–Crippen LogP) is 2.40. The molecule has 1 aromatic carbocycles. The Kier molecular flexibility index (Phi) is 3.98. The van der Waals surface area contributed by atoms with E-state index in [9.17, 15) is 14.7 Å². The number of rotatable bonds is 6. The second kappa shape index (κ2) is 5.87. The molecule has 0 spiro atoms. The van der Waals surface area contributed by atoms with E-state index in [2.05, 4.69) is 15.5 Å². The number of benzene rings is 1. The van der Waals surface area contributed by atoms with Gasteiger partial charge < -0.3 is 19.7 Å². The van der Waals surface area contributed by atoms with Crippen LogP contribution in [-0.4, -0.2) is 27.1 Å². The molecule has 1 saturated carbocycles. The fourth-order valence-corrected chi connectivity index (χ4v) is 2.89. The molecule has 1 atom stereocenters. The van der Waals surface area contributed by atoms with E-state index in [-0.39, 0.29) is 6.61 Å². The highest BCUT2D eigenvalue weighted by molar-refractivity contribution is 6.12. The zero-order valence-corrected chi connectivity index (χ0v) is 14.2. The molecule has 2 aromatic rings. The van der Waals surface area contributed by atoms with E-state index in [0.29, 0.717) is 29.6 Å². The summed E-state index contributed by atoms with van der Waals surface area (Å²) in [5.74, 6) is -0.118. The Bertz CT molecular complexity index is 812. The molecular weight excluding hydrogens is 326 g/mol. The number of aryl methyl sites for hydroxylation is 1. The fraction of sp³-hybridized carbons (Fsp3) is 0.412. The Morgan fingerprint density at radius 2 is 1.96 bits per heavy atom. The zero-order chi connectivity index (χ0) is 18.2. The van der Waals surface area contributed by atoms with Crippen LogP contribution < -0.4 is 10.1 Å². The van der Waals surface area contributed by atoms with Crippen molar-refractivity contribution in [2.24, 2.45) is 10.8 Å². The third kappa shape index (κ3) is 3.07. The van der Waals surface area contributed by atoms with Crippen LogP contribution in [-0.2, 0) is 16.2 Å². The Morgan fingerprint density at radius 3 is 2.44 bits per heavy atom. The Balaban J connectivity index is 1.61. The van der Waals surface area contributed by atoms with Crippen molar-refractivity contribution in [3.63, 3.8) is 0 Å². The highest BCUT2D eigenvalue weighted by Crippen LogP contribution is 2.64. The maximum Gasteiger partial charge on any atom is 0.319 e. The number of carbonyl (C=O) groups excluding carboxylic acids is 1. The maximum absolute atomic E-state index is 12.4. The first-order valence-corrected chi connectivity index (χ1v) is 7.81. The van der Waals surface area contributed by atoms with Gasteiger partial charge in [-0.2, -0.15) is 4.98 Å². The summed E-state index contributed by atoms with van der Waals surface area (Å²) < 4.78 is 10.4. The van der Waals surface area contributed by atoms with Crippen LogP contribution in [0.4, 0.5) is 5.69 Å². The molecule has 25 heavy (non-hydrogen) atoms. The van der Waals surface area contributed by atoms with Gasteiger partial charge >= 0.3 is 5.97 Å². The molecule has 1 aromatic heterocycles. The standard InChI is InChI=1S/C17H19N3O5/c1-10-18-13(20-25-10)8-24-12-6-4-11(5-7-12)19-14(21)17(15(22)23)9-16(17,2)3/h4-7H,8-9H2,1-3H3,(H,19,21)(H,22,23). The van der Waals surface area contributed by atoms with Crippen molar-refractivity contribution in [2.75, 3.05) is 5.32 Å². The molecule has 8 nitrogen and oxygen atoms in total. The quantitative estimate of drug-likeness (QED) is 0.772. The summed E-state index contributed by atoms with van der Waals surface area (Å²) in [4.78, 5) is 27.9. The molecule has 1 fully saturated rings. The first-order chi connectivity index (χ1) is 11.7. The van der Waals surface area contributed by atoms with Crippen molar-refractivity contribution >= 4 is 17.6 Å². The van der Waals surface area contributed by atoms with E-state index < -0.39 is 22.7 Å². The van der Waals surface area contributed by atoms with Gasteiger partial charge in [0.2, 0.25) is 17.6 Å². The average Bonchev–Trinajstić information content (AvgIpc) is 2.92. The number of aromatic nitrogens is 2. The molecule has 1 amide bonds. The molecular formula is C17H19N3O5. The van der Waals surface area contributed by atoms with Gasteiger partial charge in [-0.3, -0.25) is 9.59 Å². The molecule has 1 aliphatic carbocycles. The molecule has 1 aliphatic rings. The Morgan fingerprint density at radius 1 is 1.32 bits per heavy atom. The first-order valence-electron chi connectivity index (χ1n) is 7.81. The number of anilines is 1. The van der Waals surface area contributed by atoms with Crippen molar-refractivity contribution in [2.45, 2.75) is 33.8 Å². The Hall–Kier alpha value is -2.90. The minimum Gasteiger partial charge on any atom is -0.485 e. The molecule has 8 heteroatoms. The number of nitrogens with one attached hydrogen (secondary N) is 1. The largest absolute Gasteiger partial charge is 0.485 e. The zero-order valence-electron chi connectivity index (χ0n) is 14.2. The number of aliphatic carboxylic acids is 1. The topological polar surface area (TPSA) is 115 Å². The average molecular weight is 345 g/mol. The summed E-state index contributed by atoms with van der Waals surface area (Å²) in [6.45, 7) is 5.41. The lowest BCUT2D eigenvalue weighted by molar-refractivity contribution is -0.149. The molecule has 2 N–H and O–H groups in total. The van der Waals surface area contributed by atoms with Crippen LogP contribution in [0.3, 0.4) is 0 Å². The van der Waals surface area contributed by atoms with E-state index in [1.165, 1.54) is 0 Å². The van der Waals surface area contributed by atoms with Crippen molar-refractivity contribution in [3.05, 3.63) is 36.0 Å². The highest BCUT2D eigenvalue weighted by atomic mass is 16.5. The lowest BCUT2D eigenvalue weighted by atomic mass is 9.95. The smallest absolute Gasteiger partial charge is 0.319 e.